The van der Waals surface area contributed by atoms with Crippen LogP contribution in [0.4, 0.5) is 4.79 Å². The fraction of sp³-hybridized carbons (Fsp3) is 0.786. The van der Waals surface area contributed by atoms with Crippen LogP contribution in [0, 0.1) is 0 Å². The number of hydrogen-bond donors (Lipinski definition) is 1. The second kappa shape index (κ2) is 6.62. The third-order valence-electron chi connectivity index (χ3n) is 3.15. The maximum Gasteiger partial charge on any atom is 0.410 e. The van der Waals surface area contributed by atoms with Crippen molar-refractivity contribution in [2.24, 2.45) is 0 Å². The van der Waals surface area contributed by atoms with Crippen molar-refractivity contribution in [1.29, 1.82) is 0 Å². The summed E-state index contributed by atoms with van der Waals surface area (Å²) >= 11 is 5.79. The lowest BCUT2D eigenvalue weighted by Gasteiger charge is -2.31. The van der Waals surface area contributed by atoms with Crippen molar-refractivity contribution >= 4 is 17.7 Å². The predicted molar refractivity (Wildman–Crippen MR) is 76.2 cm³/mol. The van der Waals surface area contributed by atoms with Gasteiger partial charge in [-0.3, -0.25) is 0 Å². The summed E-state index contributed by atoms with van der Waals surface area (Å²) in [4.78, 5) is 14.0. The molecule has 1 aliphatic heterocycles. The number of likely N-dealkylation sites (tertiary alicyclic amines) is 1. The summed E-state index contributed by atoms with van der Waals surface area (Å²) < 4.78 is 5.44. The van der Waals surface area contributed by atoms with E-state index in [4.69, 9.17) is 21.4 Å². The molecule has 2 atom stereocenters. The van der Waals surface area contributed by atoms with Crippen LogP contribution in [0.3, 0.4) is 0 Å². The highest BCUT2D eigenvalue weighted by molar-refractivity contribution is 6.29. The van der Waals surface area contributed by atoms with Gasteiger partial charge in [0.15, 0.2) is 0 Å². The minimum Gasteiger partial charge on any atom is -0.444 e. The van der Waals surface area contributed by atoms with Gasteiger partial charge in [0.05, 0.1) is 6.61 Å². The molecule has 2 unspecified atom stereocenters. The molecule has 0 aliphatic carbocycles. The molecular formula is C14H24ClNO3. The van der Waals surface area contributed by atoms with E-state index in [1.807, 2.05) is 27.7 Å². The molecule has 0 aromatic heterocycles. The molecule has 1 amide bonds. The van der Waals surface area contributed by atoms with Gasteiger partial charge in [0, 0.05) is 17.1 Å². The number of ether oxygens (including phenoxy) is 1. The van der Waals surface area contributed by atoms with Crippen LogP contribution in [0.25, 0.3) is 0 Å². The monoisotopic (exact) mass is 289 g/mol. The highest BCUT2D eigenvalue weighted by atomic mass is 35.5. The van der Waals surface area contributed by atoms with Gasteiger partial charge in [-0.25, -0.2) is 4.79 Å². The number of aliphatic hydroxyl groups excluding tert-OH is 1. The first kappa shape index (κ1) is 16.3. The quantitative estimate of drug-likeness (QED) is 0.867. The lowest BCUT2D eigenvalue weighted by atomic mass is 10.1. The average molecular weight is 290 g/mol. The molecule has 19 heavy (non-hydrogen) atoms. The van der Waals surface area contributed by atoms with E-state index in [1.54, 1.807) is 11.0 Å². The van der Waals surface area contributed by atoms with Crippen molar-refractivity contribution in [3.63, 3.8) is 0 Å². The zero-order valence-corrected chi connectivity index (χ0v) is 12.9. The maximum absolute atomic E-state index is 12.2. The second-order valence-electron chi connectivity index (χ2n) is 6.01. The first-order valence-corrected chi connectivity index (χ1v) is 7.09. The Morgan fingerprint density at radius 1 is 1.47 bits per heavy atom. The van der Waals surface area contributed by atoms with E-state index < -0.39 is 5.60 Å². The van der Waals surface area contributed by atoms with Crippen molar-refractivity contribution in [3.8, 4) is 0 Å². The lowest BCUT2D eigenvalue weighted by Crippen LogP contribution is -2.43. The molecule has 1 N–H and O–H groups in total. The number of carbonyl (C=O) groups is 1. The Balaban J connectivity index is 2.69. The molecule has 4 nitrogen and oxygen atoms in total. The number of rotatable bonds is 3. The van der Waals surface area contributed by atoms with Crippen molar-refractivity contribution in [3.05, 3.63) is 11.1 Å². The van der Waals surface area contributed by atoms with E-state index in [1.165, 1.54) is 0 Å². The number of hydrogen-bond acceptors (Lipinski definition) is 3. The molecule has 0 saturated carbocycles. The number of aliphatic hydroxyl groups is 1. The highest BCUT2D eigenvalue weighted by Crippen LogP contribution is 2.28. The van der Waals surface area contributed by atoms with Gasteiger partial charge in [-0.2, -0.15) is 0 Å². The Labute approximate surface area is 120 Å². The molecule has 1 aliphatic rings. The first-order valence-electron chi connectivity index (χ1n) is 6.71. The van der Waals surface area contributed by atoms with Crippen LogP contribution in [-0.2, 0) is 4.74 Å². The minimum absolute atomic E-state index is 0.102. The fourth-order valence-electron chi connectivity index (χ4n) is 2.28. The van der Waals surface area contributed by atoms with Gasteiger partial charge in [-0.05, 0) is 47.0 Å². The van der Waals surface area contributed by atoms with Gasteiger partial charge in [0.25, 0.3) is 0 Å². The molecule has 5 heteroatoms. The van der Waals surface area contributed by atoms with E-state index in [2.05, 4.69) is 0 Å². The van der Waals surface area contributed by atoms with Crippen molar-refractivity contribution in [1.82, 2.24) is 4.90 Å². The standard InChI is InChI=1S/C14H24ClNO3/c1-10-5-7-12(8-6-11(15)9-17)16(10)13(18)19-14(2,3)4/h6,10,12,17H,5,7-9H2,1-4H3/b11-6+. The summed E-state index contributed by atoms with van der Waals surface area (Å²) in [6.45, 7) is 7.47. The smallest absolute Gasteiger partial charge is 0.410 e. The predicted octanol–water partition coefficient (Wildman–Crippen LogP) is 3.28. The number of carbonyl (C=O) groups excluding carboxylic acids is 1. The third-order valence-corrected chi connectivity index (χ3v) is 3.43. The normalized spacial score (nSPS) is 24.7. The Hall–Kier alpha value is -0.740. The lowest BCUT2D eigenvalue weighted by molar-refractivity contribution is 0.0163. The SMILES string of the molecule is CC1CCC(C/C=C(/Cl)CO)N1C(=O)OC(C)(C)C. The van der Waals surface area contributed by atoms with Crippen LogP contribution >= 0.6 is 11.6 Å². The van der Waals surface area contributed by atoms with Crippen LogP contribution < -0.4 is 0 Å². The Morgan fingerprint density at radius 3 is 2.63 bits per heavy atom. The van der Waals surface area contributed by atoms with E-state index >= 15 is 0 Å². The summed E-state index contributed by atoms with van der Waals surface area (Å²) in [6, 6.07) is 0.284. The molecule has 1 heterocycles. The van der Waals surface area contributed by atoms with Gasteiger partial charge in [0.1, 0.15) is 5.60 Å². The third kappa shape index (κ3) is 5.03. The molecule has 0 aromatic carbocycles. The number of amides is 1. The van der Waals surface area contributed by atoms with Gasteiger partial charge in [0.2, 0.25) is 0 Å². The maximum atomic E-state index is 12.2. The summed E-state index contributed by atoms with van der Waals surface area (Å²) in [5.74, 6) is 0. The molecule has 110 valence electrons. The zero-order chi connectivity index (χ0) is 14.6. The van der Waals surface area contributed by atoms with E-state index in [9.17, 15) is 4.79 Å². The second-order valence-corrected chi connectivity index (χ2v) is 6.50. The fourth-order valence-corrected chi connectivity index (χ4v) is 2.36. The Kier molecular flexibility index (Phi) is 5.68. The van der Waals surface area contributed by atoms with Gasteiger partial charge in [-0.15, -0.1) is 0 Å². The van der Waals surface area contributed by atoms with Crippen molar-refractivity contribution in [2.75, 3.05) is 6.61 Å². The summed E-state index contributed by atoms with van der Waals surface area (Å²) in [5.41, 5.74) is -0.484. The first-order chi connectivity index (χ1) is 8.74. The molecule has 0 radical (unpaired) electrons. The summed E-state index contributed by atoms with van der Waals surface area (Å²) in [6.07, 6.45) is 4.07. The van der Waals surface area contributed by atoms with E-state index in [0.717, 1.165) is 12.8 Å². The molecule has 1 saturated heterocycles. The van der Waals surface area contributed by atoms with Crippen LogP contribution in [0.2, 0.25) is 0 Å². The molecule has 0 aromatic rings. The molecule has 0 spiro atoms. The number of nitrogens with zero attached hydrogens (tertiary/aromatic N) is 1. The van der Waals surface area contributed by atoms with Gasteiger partial charge < -0.3 is 14.7 Å². The van der Waals surface area contributed by atoms with Crippen molar-refractivity contribution < 1.29 is 14.6 Å². The highest BCUT2D eigenvalue weighted by Gasteiger charge is 2.36. The molecule has 1 fully saturated rings. The summed E-state index contributed by atoms with van der Waals surface area (Å²) in [7, 11) is 0. The average Bonchev–Trinajstić information content (AvgIpc) is 2.65. The number of halogens is 1. The topological polar surface area (TPSA) is 49.8 Å². The molecule has 0 bridgehead atoms. The van der Waals surface area contributed by atoms with Crippen LogP contribution in [0.15, 0.2) is 11.1 Å². The Bertz CT molecular complexity index is 349. The van der Waals surface area contributed by atoms with Crippen LogP contribution in [0.5, 0.6) is 0 Å². The summed E-state index contributed by atoms with van der Waals surface area (Å²) in [5, 5.41) is 9.30. The zero-order valence-electron chi connectivity index (χ0n) is 12.1. The van der Waals surface area contributed by atoms with Crippen molar-refractivity contribution in [2.45, 2.75) is 64.6 Å². The van der Waals surface area contributed by atoms with E-state index in [0.29, 0.717) is 11.5 Å². The minimum atomic E-state index is -0.484. The Morgan fingerprint density at radius 2 is 2.11 bits per heavy atom. The van der Waals surface area contributed by atoms with Crippen LogP contribution in [0.1, 0.15) is 47.0 Å². The van der Waals surface area contributed by atoms with Crippen LogP contribution in [-0.4, -0.2) is 40.4 Å². The van der Waals surface area contributed by atoms with Gasteiger partial charge >= 0.3 is 6.09 Å². The largest absolute Gasteiger partial charge is 0.444 e. The molecule has 1 rings (SSSR count). The van der Waals surface area contributed by atoms with Gasteiger partial charge in [-0.1, -0.05) is 17.7 Å². The van der Waals surface area contributed by atoms with E-state index in [-0.39, 0.29) is 24.8 Å². The molecular weight excluding hydrogens is 266 g/mol.